The van der Waals surface area contributed by atoms with Gasteiger partial charge in [0.2, 0.25) is 5.96 Å². The van der Waals surface area contributed by atoms with Gasteiger partial charge in [0.25, 0.3) is 10.0 Å². The molecule has 22 heavy (non-hydrogen) atoms. The van der Waals surface area contributed by atoms with Gasteiger partial charge in [-0.25, -0.2) is 18.1 Å². The lowest BCUT2D eigenvalue weighted by Gasteiger charge is -2.22. The summed E-state index contributed by atoms with van der Waals surface area (Å²) in [6, 6.07) is 6.49. The number of fused-ring (bicyclic) bond motifs is 1. The van der Waals surface area contributed by atoms with Crippen LogP contribution in [0.15, 0.2) is 46.5 Å². The van der Waals surface area contributed by atoms with Gasteiger partial charge in [0.05, 0.1) is 17.3 Å². The number of hydrogen-bond donors (Lipinski definition) is 2. The van der Waals surface area contributed by atoms with Crippen molar-refractivity contribution >= 4 is 44.9 Å². The number of guanidine groups is 1. The largest absolute Gasteiger partial charge is 0.324 e. The fourth-order valence-electron chi connectivity index (χ4n) is 1.99. The van der Waals surface area contributed by atoms with E-state index in [1.54, 1.807) is 18.5 Å². The third-order valence-corrected chi connectivity index (χ3v) is 4.97. The van der Waals surface area contributed by atoms with E-state index in [0.717, 1.165) is 5.56 Å². The van der Waals surface area contributed by atoms with Gasteiger partial charge in [-0.15, -0.1) is 0 Å². The number of rotatable bonds is 2. The SMILES string of the molecule is O=S1(=O)NC(=NCc2cccnc2)Nc2cc(Cl)cc(Cl)c21. The Morgan fingerprint density at radius 3 is 2.82 bits per heavy atom. The molecular weight excluding hydrogens is 347 g/mol. The first-order chi connectivity index (χ1) is 10.5. The Kier molecular flexibility index (Phi) is 3.94. The molecule has 0 atom stereocenters. The molecule has 0 saturated carbocycles. The van der Waals surface area contributed by atoms with E-state index < -0.39 is 10.0 Å². The van der Waals surface area contributed by atoms with Crippen molar-refractivity contribution in [2.75, 3.05) is 5.32 Å². The van der Waals surface area contributed by atoms with Crippen molar-refractivity contribution < 1.29 is 8.42 Å². The number of benzene rings is 1. The molecular formula is C13H10Cl2N4O2S. The Morgan fingerprint density at radius 2 is 2.09 bits per heavy atom. The molecule has 1 aliphatic rings. The zero-order chi connectivity index (χ0) is 15.7. The number of anilines is 1. The van der Waals surface area contributed by atoms with E-state index in [1.807, 2.05) is 6.07 Å². The number of halogens is 2. The van der Waals surface area contributed by atoms with Gasteiger partial charge < -0.3 is 5.32 Å². The minimum absolute atomic E-state index is 0.0427. The van der Waals surface area contributed by atoms with Crippen molar-refractivity contribution in [2.45, 2.75) is 11.4 Å². The standard InChI is InChI=1S/C13H10Cl2N4O2S/c14-9-4-10(15)12-11(5-9)18-13(19-22(12,20)21)17-7-8-2-1-3-16-6-8/h1-6H,7H2,(H2,17,18,19). The summed E-state index contributed by atoms with van der Waals surface area (Å²) in [5.74, 6) is 0.106. The molecule has 0 aliphatic carbocycles. The predicted molar refractivity (Wildman–Crippen MR) is 85.8 cm³/mol. The molecule has 9 heteroatoms. The summed E-state index contributed by atoms with van der Waals surface area (Å²) in [5.41, 5.74) is 1.15. The molecule has 2 N–H and O–H groups in total. The Morgan fingerprint density at radius 1 is 1.27 bits per heavy atom. The van der Waals surface area contributed by atoms with Gasteiger partial charge in [-0.05, 0) is 23.8 Å². The van der Waals surface area contributed by atoms with Gasteiger partial charge in [0, 0.05) is 17.4 Å². The summed E-state index contributed by atoms with van der Waals surface area (Å²) in [6.07, 6.45) is 3.31. The highest BCUT2D eigenvalue weighted by atomic mass is 35.5. The monoisotopic (exact) mass is 356 g/mol. The summed E-state index contributed by atoms with van der Waals surface area (Å²) in [7, 11) is -3.79. The van der Waals surface area contributed by atoms with Crippen molar-refractivity contribution in [3.8, 4) is 0 Å². The quantitative estimate of drug-likeness (QED) is 0.866. The lowest BCUT2D eigenvalue weighted by atomic mass is 10.3. The number of pyridine rings is 1. The normalized spacial score (nSPS) is 17.5. The van der Waals surface area contributed by atoms with E-state index in [1.165, 1.54) is 12.1 Å². The second-order valence-corrected chi connectivity index (χ2v) is 6.98. The molecule has 0 bridgehead atoms. The topological polar surface area (TPSA) is 83.5 Å². The van der Waals surface area contributed by atoms with Crippen LogP contribution >= 0.6 is 23.2 Å². The van der Waals surface area contributed by atoms with Crippen LogP contribution in [0.25, 0.3) is 0 Å². The van der Waals surface area contributed by atoms with Crippen LogP contribution in [0.5, 0.6) is 0 Å². The van der Waals surface area contributed by atoms with Gasteiger partial charge >= 0.3 is 0 Å². The molecule has 2 aromatic rings. The maximum Gasteiger partial charge on any atom is 0.267 e. The van der Waals surface area contributed by atoms with Crippen LogP contribution in [-0.2, 0) is 16.6 Å². The van der Waals surface area contributed by atoms with Crippen LogP contribution in [0.2, 0.25) is 10.0 Å². The maximum atomic E-state index is 12.3. The van der Waals surface area contributed by atoms with Gasteiger partial charge in [-0.2, -0.15) is 0 Å². The highest BCUT2D eigenvalue weighted by Gasteiger charge is 2.29. The molecule has 1 aliphatic heterocycles. The number of hydrogen-bond acceptors (Lipinski definition) is 4. The third-order valence-electron chi connectivity index (χ3n) is 2.90. The number of nitrogens with zero attached hydrogens (tertiary/aromatic N) is 2. The van der Waals surface area contributed by atoms with Crippen LogP contribution in [0.3, 0.4) is 0 Å². The molecule has 1 aromatic carbocycles. The lowest BCUT2D eigenvalue weighted by Crippen LogP contribution is -2.41. The van der Waals surface area contributed by atoms with Crippen molar-refractivity contribution in [3.63, 3.8) is 0 Å². The zero-order valence-electron chi connectivity index (χ0n) is 11.0. The van der Waals surface area contributed by atoms with E-state index in [9.17, 15) is 8.42 Å². The Labute approximate surface area is 137 Å². The molecule has 0 radical (unpaired) electrons. The predicted octanol–water partition coefficient (Wildman–Crippen LogP) is 2.65. The van der Waals surface area contributed by atoms with E-state index in [-0.39, 0.29) is 22.4 Å². The van der Waals surface area contributed by atoms with Gasteiger partial charge in [-0.3, -0.25) is 4.98 Å². The first kappa shape index (κ1) is 15.1. The molecule has 2 heterocycles. The lowest BCUT2D eigenvalue weighted by molar-refractivity contribution is 0.591. The van der Waals surface area contributed by atoms with Gasteiger partial charge in [0.1, 0.15) is 4.90 Å². The molecule has 0 spiro atoms. The van der Waals surface area contributed by atoms with Crippen LogP contribution < -0.4 is 10.0 Å². The molecule has 0 amide bonds. The highest BCUT2D eigenvalue weighted by molar-refractivity contribution is 7.90. The average molecular weight is 357 g/mol. The summed E-state index contributed by atoms with van der Waals surface area (Å²) in [6.45, 7) is 0.280. The minimum atomic E-state index is -3.79. The molecule has 0 fully saturated rings. The summed E-state index contributed by atoms with van der Waals surface area (Å²) in [4.78, 5) is 8.13. The van der Waals surface area contributed by atoms with Crippen LogP contribution in [0, 0.1) is 0 Å². The third kappa shape index (κ3) is 3.01. The van der Waals surface area contributed by atoms with Gasteiger partial charge in [-0.1, -0.05) is 29.3 Å². The molecule has 0 saturated heterocycles. The van der Waals surface area contributed by atoms with E-state index in [0.29, 0.717) is 10.7 Å². The number of aliphatic imine (C=N–C) groups is 1. The van der Waals surface area contributed by atoms with Crippen LogP contribution in [0.4, 0.5) is 5.69 Å². The van der Waals surface area contributed by atoms with E-state index >= 15 is 0 Å². The van der Waals surface area contributed by atoms with Crippen molar-refractivity contribution in [1.29, 1.82) is 0 Å². The van der Waals surface area contributed by atoms with E-state index in [4.69, 9.17) is 23.2 Å². The molecule has 1 aromatic heterocycles. The zero-order valence-corrected chi connectivity index (χ0v) is 13.4. The molecule has 114 valence electrons. The first-order valence-corrected chi connectivity index (χ1v) is 8.42. The smallest absolute Gasteiger partial charge is 0.267 e. The van der Waals surface area contributed by atoms with Crippen molar-refractivity contribution in [2.24, 2.45) is 4.99 Å². The van der Waals surface area contributed by atoms with Crippen molar-refractivity contribution in [1.82, 2.24) is 9.71 Å². The second-order valence-electron chi connectivity index (χ2n) is 4.52. The Bertz CT molecular complexity index is 854. The van der Waals surface area contributed by atoms with Gasteiger partial charge in [0.15, 0.2) is 0 Å². The Balaban J connectivity index is 1.95. The summed E-state index contributed by atoms with van der Waals surface area (Å²) < 4.78 is 26.9. The highest BCUT2D eigenvalue weighted by Crippen LogP contribution is 2.34. The molecule has 3 rings (SSSR count). The molecule has 6 nitrogen and oxygen atoms in total. The fraction of sp³-hybridized carbons (Fsp3) is 0.0769. The second kappa shape index (κ2) is 5.75. The fourth-order valence-corrected chi connectivity index (χ4v) is 3.98. The van der Waals surface area contributed by atoms with Crippen LogP contribution in [0.1, 0.15) is 5.56 Å². The maximum absolute atomic E-state index is 12.3. The number of aromatic nitrogens is 1. The number of sulfonamides is 1. The Hall–Kier alpha value is -1.83. The summed E-state index contributed by atoms with van der Waals surface area (Å²) >= 11 is 11.9. The van der Waals surface area contributed by atoms with E-state index in [2.05, 4.69) is 20.0 Å². The number of nitrogens with one attached hydrogen (secondary N) is 2. The first-order valence-electron chi connectivity index (χ1n) is 6.18. The summed E-state index contributed by atoms with van der Waals surface area (Å²) in [5, 5.41) is 3.26. The van der Waals surface area contributed by atoms with Crippen LogP contribution in [-0.4, -0.2) is 19.4 Å². The average Bonchev–Trinajstić information content (AvgIpc) is 2.44. The van der Waals surface area contributed by atoms with Crippen molar-refractivity contribution in [3.05, 3.63) is 52.3 Å². The molecule has 0 unspecified atom stereocenters. The minimum Gasteiger partial charge on any atom is -0.324 e.